The number of hydrogen-bond acceptors (Lipinski definition) is 4. The molecule has 1 aliphatic carbocycles. The van der Waals surface area contributed by atoms with Crippen LogP contribution >= 0.6 is 0 Å². The fourth-order valence-electron chi connectivity index (χ4n) is 1.99. The third-order valence-corrected chi connectivity index (χ3v) is 4.78. The summed E-state index contributed by atoms with van der Waals surface area (Å²) in [6, 6.07) is 6.37. The van der Waals surface area contributed by atoms with Crippen molar-refractivity contribution in [1.29, 1.82) is 0 Å². The molecule has 1 aliphatic rings. The van der Waals surface area contributed by atoms with Gasteiger partial charge in [0.05, 0.1) is 11.0 Å². The van der Waals surface area contributed by atoms with Crippen LogP contribution in [0.25, 0.3) is 0 Å². The SMILES string of the molecule is CC1(C)C(O)CC1Oc1ccc(S(C)(=O)=O)cc1. The summed E-state index contributed by atoms with van der Waals surface area (Å²) in [5, 5.41) is 9.62. The number of sulfone groups is 1. The number of ether oxygens (including phenoxy) is 1. The molecule has 2 unspecified atom stereocenters. The first kappa shape index (κ1) is 13.4. The van der Waals surface area contributed by atoms with Gasteiger partial charge in [0.25, 0.3) is 0 Å². The Morgan fingerprint density at radius 2 is 1.83 bits per heavy atom. The van der Waals surface area contributed by atoms with Gasteiger partial charge in [0, 0.05) is 18.1 Å². The second-order valence-electron chi connectivity index (χ2n) is 5.42. The smallest absolute Gasteiger partial charge is 0.175 e. The summed E-state index contributed by atoms with van der Waals surface area (Å²) in [5.74, 6) is 0.632. The molecule has 2 atom stereocenters. The largest absolute Gasteiger partial charge is 0.490 e. The van der Waals surface area contributed by atoms with Gasteiger partial charge >= 0.3 is 0 Å². The first-order chi connectivity index (χ1) is 8.21. The molecule has 1 N–H and O–H groups in total. The fraction of sp³-hybridized carbons (Fsp3) is 0.538. The van der Waals surface area contributed by atoms with Gasteiger partial charge in [-0.05, 0) is 24.3 Å². The molecule has 18 heavy (non-hydrogen) atoms. The van der Waals surface area contributed by atoms with Crippen molar-refractivity contribution in [3.63, 3.8) is 0 Å². The van der Waals surface area contributed by atoms with Crippen molar-refractivity contribution in [3.8, 4) is 5.75 Å². The van der Waals surface area contributed by atoms with Crippen LogP contribution in [0.5, 0.6) is 5.75 Å². The molecule has 4 nitrogen and oxygen atoms in total. The molecule has 0 aliphatic heterocycles. The summed E-state index contributed by atoms with van der Waals surface area (Å²) >= 11 is 0. The fourth-order valence-corrected chi connectivity index (χ4v) is 2.62. The van der Waals surface area contributed by atoms with E-state index >= 15 is 0 Å². The van der Waals surface area contributed by atoms with Crippen molar-refractivity contribution in [2.75, 3.05) is 6.26 Å². The Hall–Kier alpha value is -1.07. The van der Waals surface area contributed by atoms with E-state index in [-0.39, 0.29) is 22.5 Å². The zero-order valence-electron chi connectivity index (χ0n) is 10.8. The minimum atomic E-state index is -3.17. The van der Waals surface area contributed by atoms with E-state index in [1.807, 2.05) is 13.8 Å². The van der Waals surface area contributed by atoms with Crippen LogP contribution in [0.4, 0.5) is 0 Å². The minimum Gasteiger partial charge on any atom is -0.490 e. The van der Waals surface area contributed by atoms with Gasteiger partial charge in [-0.25, -0.2) is 8.42 Å². The second-order valence-corrected chi connectivity index (χ2v) is 7.44. The number of hydrogen-bond donors (Lipinski definition) is 1. The summed E-state index contributed by atoms with van der Waals surface area (Å²) in [6.07, 6.45) is 1.42. The van der Waals surface area contributed by atoms with Crippen LogP contribution in [-0.2, 0) is 9.84 Å². The Morgan fingerprint density at radius 3 is 2.22 bits per heavy atom. The lowest BCUT2D eigenvalue weighted by Crippen LogP contribution is -2.56. The maximum Gasteiger partial charge on any atom is 0.175 e. The zero-order valence-corrected chi connectivity index (χ0v) is 11.6. The Morgan fingerprint density at radius 1 is 1.28 bits per heavy atom. The highest BCUT2D eigenvalue weighted by atomic mass is 32.2. The molecule has 0 radical (unpaired) electrons. The van der Waals surface area contributed by atoms with E-state index in [1.54, 1.807) is 12.1 Å². The van der Waals surface area contributed by atoms with Crippen LogP contribution in [0.2, 0.25) is 0 Å². The molecule has 0 amide bonds. The van der Waals surface area contributed by atoms with E-state index in [0.29, 0.717) is 12.2 Å². The average Bonchev–Trinajstić information content (AvgIpc) is 2.28. The zero-order chi connectivity index (χ0) is 13.6. The predicted molar refractivity (Wildman–Crippen MR) is 68.4 cm³/mol. The molecule has 2 rings (SSSR count). The quantitative estimate of drug-likeness (QED) is 0.906. The molecular formula is C13H18O4S. The predicted octanol–water partition coefficient (Wildman–Crippen LogP) is 1.63. The molecule has 1 fully saturated rings. The Labute approximate surface area is 108 Å². The van der Waals surface area contributed by atoms with Crippen LogP contribution in [0.1, 0.15) is 20.3 Å². The highest BCUT2D eigenvalue weighted by Crippen LogP contribution is 2.42. The van der Waals surface area contributed by atoms with E-state index in [1.165, 1.54) is 18.4 Å². The molecule has 0 heterocycles. The van der Waals surface area contributed by atoms with Crippen molar-refractivity contribution >= 4 is 9.84 Å². The third kappa shape index (κ3) is 2.37. The molecule has 0 bridgehead atoms. The maximum atomic E-state index is 11.3. The first-order valence-electron chi connectivity index (χ1n) is 5.86. The number of aliphatic hydroxyl groups excluding tert-OH is 1. The summed E-state index contributed by atoms with van der Waals surface area (Å²) < 4.78 is 28.4. The van der Waals surface area contributed by atoms with Crippen molar-refractivity contribution < 1.29 is 18.3 Å². The summed E-state index contributed by atoms with van der Waals surface area (Å²) in [4.78, 5) is 0.280. The highest BCUT2D eigenvalue weighted by molar-refractivity contribution is 7.90. The molecule has 0 spiro atoms. The number of benzene rings is 1. The van der Waals surface area contributed by atoms with E-state index < -0.39 is 9.84 Å². The van der Waals surface area contributed by atoms with Crippen molar-refractivity contribution in [2.24, 2.45) is 5.41 Å². The van der Waals surface area contributed by atoms with Crippen LogP contribution in [-0.4, -0.2) is 32.0 Å². The summed E-state index contributed by atoms with van der Waals surface area (Å²) in [7, 11) is -3.17. The average molecular weight is 270 g/mol. The molecule has 100 valence electrons. The van der Waals surface area contributed by atoms with Crippen molar-refractivity contribution in [3.05, 3.63) is 24.3 Å². The van der Waals surface area contributed by atoms with Gasteiger partial charge in [-0.2, -0.15) is 0 Å². The summed E-state index contributed by atoms with van der Waals surface area (Å²) in [5.41, 5.74) is -0.254. The molecule has 0 aromatic heterocycles. The topological polar surface area (TPSA) is 63.6 Å². The monoisotopic (exact) mass is 270 g/mol. The molecular weight excluding hydrogens is 252 g/mol. The van der Waals surface area contributed by atoms with Crippen LogP contribution in [0.15, 0.2) is 29.2 Å². The van der Waals surface area contributed by atoms with Gasteiger partial charge in [0.15, 0.2) is 9.84 Å². The third-order valence-electron chi connectivity index (χ3n) is 3.66. The van der Waals surface area contributed by atoms with Gasteiger partial charge in [-0.1, -0.05) is 13.8 Å². The van der Waals surface area contributed by atoms with E-state index in [9.17, 15) is 13.5 Å². The maximum absolute atomic E-state index is 11.3. The van der Waals surface area contributed by atoms with E-state index in [4.69, 9.17) is 4.74 Å². The number of aliphatic hydroxyl groups is 1. The van der Waals surface area contributed by atoms with E-state index in [0.717, 1.165) is 0 Å². The van der Waals surface area contributed by atoms with Crippen LogP contribution in [0.3, 0.4) is 0 Å². The molecule has 1 aromatic carbocycles. The van der Waals surface area contributed by atoms with Crippen LogP contribution < -0.4 is 4.74 Å². The normalized spacial score (nSPS) is 26.4. The Kier molecular flexibility index (Phi) is 3.15. The Balaban J connectivity index is 2.09. The summed E-state index contributed by atoms with van der Waals surface area (Å²) in [6.45, 7) is 3.91. The first-order valence-corrected chi connectivity index (χ1v) is 7.75. The highest BCUT2D eigenvalue weighted by Gasteiger charge is 2.49. The van der Waals surface area contributed by atoms with Gasteiger partial charge in [0.1, 0.15) is 11.9 Å². The Bertz CT molecular complexity index is 531. The van der Waals surface area contributed by atoms with Crippen molar-refractivity contribution in [1.82, 2.24) is 0 Å². The van der Waals surface area contributed by atoms with Crippen molar-refractivity contribution in [2.45, 2.75) is 37.4 Å². The standard InChI is InChI=1S/C13H18O4S/c1-13(2)11(14)8-12(13)17-9-4-6-10(7-5-9)18(3,15)16/h4-7,11-12,14H,8H2,1-3H3. The number of rotatable bonds is 3. The molecule has 0 saturated heterocycles. The lowest BCUT2D eigenvalue weighted by Gasteiger charge is -2.48. The van der Waals surface area contributed by atoms with Gasteiger partial charge < -0.3 is 9.84 Å². The second kappa shape index (κ2) is 4.24. The lowest BCUT2D eigenvalue weighted by atomic mass is 9.66. The van der Waals surface area contributed by atoms with Gasteiger partial charge in [0.2, 0.25) is 0 Å². The molecule has 1 aromatic rings. The minimum absolute atomic E-state index is 0.0309. The van der Waals surface area contributed by atoms with Crippen LogP contribution in [0, 0.1) is 5.41 Å². The van der Waals surface area contributed by atoms with Gasteiger partial charge in [-0.15, -0.1) is 0 Å². The molecule has 5 heteroatoms. The molecule has 1 saturated carbocycles. The lowest BCUT2D eigenvalue weighted by molar-refractivity contribution is -0.134. The van der Waals surface area contributed by atoms with Gasteiger partial charge in [-0.3, -0.25) is 0 Å². The van der Waals surface area contributed by atoms with E-state index in [2.05, 4.69) is 0 Å².